The van der Waals surface area contributed by atoms with Crippen LogP contribution in [0, 0.1) is 0 Å². The molecule has 1 fully saturated rings. The van der Waals surface area contributed by atoms with E-state index in [0.29, 0.717) is 21.4 Å². The topological polar surface area (TPSA) is 68.0 Å². The van der Waals surface area contributed by atoms with E-state index in [1.807, 2.05) is 42.1 Å². The Balaban J connectivity index is 1.33. The van der Waals surface area contributed by atoms with Gasteiger partial charge in [-0.05, 0) is 49.2 Å². The molecule has 0 saturated heterocycles. The Bertz CT molecular complexity index is 972. The van der Waals surface area contributed by atoms with E-state index in [1.165, 1.54) is 37.4 Å². The Morgan fingerprint density at radius 3 is 2.66 bits per heavy atom. The zero-order valence-electron chi connectivity index (χ0n) is 15.6. The molecule has 0 aliphatic heterocycles. The van der Waals surface area contributed by atoms with Gasteiger partial charge in [0.1, 0.15) is 0 Å². The summed E-state index contributed by atoms with van der Waals surface area (Å²) in [5.74, 6) is 0.508. The minimum atomic E-state index is -0.0966. The second-order valence-corrected chi connectivity index (χ2v) is 9.44. The number of carbonyl (C=O) groups excluding carboxylic acids is 1. The molecule has 2 aromatic carbocycles. The van der Waals surface area contributed by atoms with Gasteiger partial charge in [0.05, 0.1) is 11.4 Å². The quantitative estimate of drug-likeness (QED) is 0.439. The molecule has 1 aromatic heterocycles. The largest absolute Gasteiger partial charge is 0.411 e. The van der Waals surface area contributed by atoms with Crippen molar-refractivity contribution in [3.05, 3.63) is 53.6 Å². The van der Waals surface area contributed by atoms with E-state index in [2.05, 4.69) is 21.6 Å². The fourth-order valence-corrected chi connectivity index (χ4v) is 5.17. The number of hydrogen-bond acceptors (Lipinski definition) is 6. The second-order valence-electron chi connectivity index (χ2n) is 6.74. The maximum atomic E-state index is 12.4. The number of nitrogens with zero attached hydrogens (tertiary/aromatic N) is 2. The van der Waals surface area contributed by atoms with Crippen molar-refractivity contribution in [1.29, 1.82) is 0 Å². The van der Waals surface area contributed by atoms with E-state index in [0.717, 1.165) is 16.1 Å². The van der Waals surface area contributed by atoms with Gasteiger partial charge in [-0.25, -0.2) is 0 Å². The summed E-state index contributed by atoms with van der Waals surface area (Å²) in [6.07, 6.45) is 5.09. The van der Waals surface area contributed by atoms with Gasteiger partial charge in [-0.15, -0.1) is 22.0 Å². The van der Waals surface area contributed by atoms with Crippen LogP contribution >= 0.6 is 35.1 Å². The van der Waals surface area contributed by atoms with Gasteiger partial charge in [0.25, 0.3) is 5.22 Å². The highest BCUT2D eigenvalue weighted by Gasteiger charge is 2.18. The fourth-order valence-electron chi connectivity index (χ4n) is 3.15. The maximum Gasteiger partial charge on any atom is 0.277 e. The Morgan fingerprint density at radius 2 is 1.86 bits per heavy atom. The van der Waals surface area contributed by atoms with E-state index in [-0.39, 0.29) is 11.7 Å². The molecule has 1 aliphatic carbocycles. The average molecular weight is 446 g/mol. The third-order valence-corrected chi connectivity index (χ3v) is 7.07. The summed E-state index contributed by atoms with van der Waals surface area (Å²) in [5, 5.41) is 12.7. The van der Waals surface area contributed by atoms with Crippen LogP contribution in [0.3, 0.4) is 0 Å². The summed E-state index contributed by atoms with van der Waals surface area (Å²) in [5.41, 5.74) is 1.65. The molecule has 0 unspecified atom stereocenters. The van der Waals surface area contributed by atoms with Crippen molar-refractivity contribution < 1.29 is 9.21 Å². The second kappa shape index (κ2) is 9.69. The van der Waals surface area contributed by atoms with Crippen LogP contribution in [-0.4, -0.2) is 27.1 Å². The van der Waals surface area contributed by atoms with E-state index < -0.39 is 0 Å². The lowest BCUT2D eigenvalue weighted by Gasteiger charge is -2.13. The zero-order chi connectivity index (χ0) is 20.1. The van der Waals surface area contributed by atoms with Crippen LogP contribution in [-0.2, 0) is 4.79 Å². The highest BCUT2D eigenvalue weighted by atomic mass is 35.5. The third-order valence-electron chi connectivity index (χ3n) is 4.58. The van der Waals surface area contributed by atoms with Crippen LogP contribution < -0.4 is 5.32 Å². The van der Waals surface area contributed by atoms with Crippen molar-refractivity contribution in [3.63, 3.8) is 0 Å². The standard InChI is InChI=1S/C21H20ClN3O2S2/c22-15-11-9-14(10-12-15)20-24-25-21(27-20)28-13-19(26)23-17-7-3-4-8-18(17)29-16-5-1-2-6-16/h3-4,7-12,16H,1-2,5-6,13H2,(H,23,26). The molecule has 0 radical (unpaired) electrons. The van der Waals surface area contributed by atoms with Crippen molar-refractivity contribution in [1.82, 2.24) is 10.2 Å². The molecule has 29 heavy (non-hydrogen) atoms. The van der Waals surface area contributed by atoms with Crippen LogP contribution in [0.15, 0.2) is 63.1 Å². The number of benzene rings is 2. The molecule has 4 rings (SSSR count). The van der Waals surface area contributed by atoms with Crippen LogP contribution in [0.4, 0.5) is 5.69 Å². The van der Waals surface area contributed by atoms with Crippen LogP contribution in [0.1, 0.15) is 25.7 Å². The van der Waals surface area contributed by atoms with E-state index >= 15 is 0 Å². The monoisotopic (exact) mass is 445 g/mol. The van der Waals surface area contributed by atoms with Gasteiger partial charge in [-0.3, -0.25) is 4.79 Å². The van der Waals surface area contributed by atoms with Gasteiger partial charge in [-0.1, -0.05) is 48.3 Å². The summed E-state index contributed by atoms with van der Waals surface area (Å²) in [6.45, 7) is 0. The van der Waals surface area contributed by atoms with Crippen molar-refractivity contribution in [2.75, 3.05) is 11.1 Å². The first-order valence-corrected chi connectivity index (χ1v) is 11.7. The van der Waals surface area contributed by atoms with E-state index in [4.69, 9.17) is 16.0 Å². The summed E-state index contributed by atoms with van der Waals surface area (Å²) in [6, 6.07) is 15.1. The van der Waals surface area contributed by atoms with Crippen LogP contribution in [0.5, 0.6) is 0 Å². The number of halogens is 1. The Kier molecular flexibility index (Phi) is 6.79. The van der Waals surface area contributed by atoms with E-state index in [1.54, 1.807) is 12.1 Å². The zero-order valence-corrected chi connectivity index (χ0v) is 18.0. The number of anilines is 1. The third kappa shape index (κ3) is 5.56. The minimum Gasteiger partial charge on any atom is -0.411 e. The molecule has 0 bridgehead atoms. The van der Waals surface area contributed by atoms with Crippen molar-refractivity contribution in [2.45, 2.75) is 41.1 Å². The number of hydrogen-bond donors (Lipinski definition) is 1. The number of rotatable bonds is 7. The number of thioether (sulfide) groups is 2. The lowest BCUT2D eigenvalue weighted by Crippen LogP contribution is -2.14. The number of amides is 1. The van der Waals surface area contributed by atoms with Gasteiger partial charge >= 0.3 is 0 Å². The van der Waals surface area contributed by atoms with Crippen LogP contribution in [0.2, 0.25) is 5.02 Å². The molecule has 1 amide bonds. The van der Waals surface area contributed by atoms with Gasteiger partial charge < -0.3 is 9.73 Å². The predicted molar refractivity (Wildman–Crippen MR) is 119 cm³/mol. The molecular formula is C21H20ClN3O2S2. The summed E-state index contributed by atoms with van der Waals surface area (Å²) in [7, 11) is 0. The Hall–Kier alpha value is -1.96. The first-order valence-electron chi connectivity index (χ1n) is 9.45. The van der Waals surface area contributed by atoms with Crippen molar-refractivity contribution in [2.24, 2.45) is 0 Å². The molecule has 5 nitrogen and oxygen atoms in total. The summed E-state index contributed by atoms with van der Waals surface area (Å²) in [4.78, 5) is 13.6. The van der Waals surface area contributed by atoms with Crippen molar-refractivity contribution >= 4 is 46.7 Å². The van der Waals surface area contributed by atoms with Crippen LogP contribution in [0.25, 0.3) is 11.5 Å². The number of carbonyl (C=O) groups is 1. The Labute approximate surface area is 183 Å². The SMILES string of the molecule is O=C(CSc1nnc(-c2ccc(Cl)cc2)o1)Nc1ccccc1SC1CCCC1. The van der Waals surface area contributed by atoms with Gasteiger partial charge in [0.15, 0.2) is 0 Å². The minimum absolute atomic E-state index is 0.0966. The summed E-state index contributed by atoms with van der Waals surface area (Å²) >= 11 is 8.98. The molecular weight excluding hydrogens is 426 g/mol. The molecule has 1 heterocycles. The molecule has 1 aliphatic rings. The molecule has 0 spiro atoms. The van der Waals surface area contributed by atoms with Gasteiger partial charge in [-0.2, -0.15) is 0 Å². The molecule has 150 valence electrons. The molecule has 3 aromatic rings. The highest BCUT2D eigenvalue weighted by Crippen LogP contribution is 2.38. The van der Waals surface area contributed by atoms with Gasteiger partial charge in [0.2, 0.25) is 11.8 Å². The number of aromatic nitrogens is 2. The molecule has 0 atom stereocenters. The molecule has 8 heteroatoms. The highest BCUT2D eigenvalue weighted by molar-refractivity contribution is 8.00. The smallest absolute Gasteiger partial charge is 0.277 e. The van der Waals surface area contributed by atoms with Gasteiger partial charge in [0, 0.05) is 20.7 Å². The normalized spacial score (nSPS) is 14.2. The number of para-hydroxylation sites is 1. The molecule has 1 saturated carbocycles. The lowest BCUT2D eigenvalue weighted by atomic mass is 10.2. The average Bonchev–Trinajstić information content (AvgIpc) is 3.41. The van der Waals surface area contributed by atoms with Crippen molar-refractivity contribution in [3.8, 4) is 11.5 Å². The lowest BCUT2D eigenvalue weighted by molar-refractivity contribution is -0.113. The summed E-state index contributed by atoms with van der Waals surface area (Å²) < 4.78 is 5.64. The fraction of sp³-hybridized carbons (Fsp3) is 0.286. The maximum absolute atomic E-state index is 12.4. The first kappa shape index (κ1) is 20.3. The molecule has 1 N–H and O–H groups in total. The Morgan fingerprint density at radius 1 is 1.10 bits per heavy atom. The van der Waals surface area contributed by atoms with E-state index in [9.17, 15) is 4.79 Å². The number of nitrogens with one attached hydrogen (secondary N) is 1. The predicted octanol–water partition coefficient (Wildman–Crippen LogP) is 6.16. The first-order chi connectivity index (χ1) is 14.2.